The Labute approximate surface area is 130 Å². The first kappa shape index (κ1) is 17.7. The molecule has 0 saturated carbocycles. The van der Waals surface area contributed by atoms with Crippen LogP contribution in [0, 0.1) is 0 Å². The van der Waals surface area contributed by atoms with Crippen molar-refractivity contribution in [1.29, 1.82) is 0 Å². The van der Waals surface area contributed by atoms with Crippen molar-refractivity contribution >= 4 is 23.2 Å². The van der Waals surface area contributed by atoms with Gasteiger partial charge in [-0.3, -0.25) is 0 Å². The Hall–Kier alpha value is -0.360. The quantitative estimate of drug-likeness (QED) is 0.771. The summed E-state index contributed by atoms with van der Waals surface area (Å²) in [5.41, 5.74) is 7.00. The molecule has 1 aromatic carbocycles. The van der Waals surface area contributed by atoms with Gasteiger partial charge < -0.3 is 20.5 Å². The lowest BCUT2D eigenvalue weighted by Crippen LogP contribution is -2.33. The Kier molecular flexibility index (Phi) is 7.80. The van der Waals surface area contributed by atoms with Gasteiger partial charge in [0.05, 0.1) is 22.8 Å². The van der Waals surface area contributed by atoms with Crippen molar-refractivity contribution in [2.45, 2.75) is 18.6 Å². The second kappa shape index (κ2) is 8.82. The van der Waals surface area contributed by atoms with E-state index in [4.69, 9.17) is 33.7 Å². The van der Waals surface area contributed by atoms with Gasteiger partial charge >= 0.3 is 0 Å². The minimum absolute atomic E-state index is 0.178. The highest BCUT2D eigenvalue weighted by atomic mass is 35.5. The predicted octanol–water partition coefficient (Wildman–Crippen LogP) is 2.32. The molecule has 2 unspecified atom stereocenters. The van der Waals surface area contributed by atoms with Crippen molar-refractivity contribution < 1.29 is 9.84 Å². The molecular weight excluding hydrogens is 299 g/mol. The standard InChI is InChI=1S/C14H22Cl2N2O2/c1-18(8-10(19)9-20-2)7-6-13(17)11-4-3-5-12(15)14(11)16/h3-5,10,13,19H,6-9,17H2,1-2H3. The molecule has 0 aliphatic heterocycles. The molecule has 0 aromatic heterocycles. The number of halogens is 2. The molecule has 114 valence electrons. The molecule has 1 rings (SSSR count). The Morgan fingerprint density at radius 1 is 1.40 bits per heavy atom. The smallest absolute Gasteiger partial charge is 0.0899 e. The number of hydrogen-bond acceptors (Lipinski definition) is 4. The number of aliphatic hydroxyl groups excluding tert-OH is 1. The van der Waals surface area contributed by atoms with Gasteiger partial charge in [0, 0.05) is 19.7 Å². The molecular formula is C14H22Cl2N2O2. The third-order valence-corrected chi connectivity index (χ3v) is 3.92. The first-order valence-corrected chi connectivity index (χ1v) is 7.26. The summed E-state index contributed by atoms with van der Waals surface area (Å²) in [7, 11) is 3.51. The molecule has 0 spiro atoms. The van der Waals surface area contributed by atoms with Gasteiger partial charge in [0.1, 0.15) is 0 Å². The van der Waals surface area contributed by atoms with Crippen LogP contribution in [0.4, 0.5) is 0 Å². The third kappa shape index (κ3) is 5.56. The molecule has 3 N–H and O–H groups in total. The molecule has 6 heteroatoms. The van der Waals surface area contributed by atoms with E-state index in [1.54, 1.807) is 13.2 Å². The summed E-state index contributed by atoms with van der Waals surface area (Å²) < 4.78 is 4.89. The highest BCUT2D eigenvalue weighted by Crippen LogP contribution is 2.30. The van der Waals surface area contributed by atoms with Crippen molar-refractivity contribution in [1.82, 2.24) is 4.90 Å². The van der Waals surface area contributed by atoms with Gasteiger partial charge in [0.25, 0.3) is 0 Å². The lowest BCUT2D eigenvalue weighted by Gasteiger charge is -2.22. The lowest BCUT2D eigenvalue weighted by molar-refractivity contribution is 0.0428. The minimum atomic E-state index is -0.490. The fourth-order valence-corrected chi connectivity index (χ4v) is 2.47. The summed E-state index contributed by atoms with van der Waals surface area (Å²) in [5, 5.41) is 10.7. The SMILES string of the molecule is COCC(O)CN(C)CCC(N)c1cccc(Cl)c1Cl. The maximum Gasteiger partial charge on any atom is 0.0899 e. The summed E-state index contributed by atoms with van der Waals surface area (Å²) in [6.45, 7) is 1.63. The van der Waals surface area contributed by atoms with Crippen LogP contribution in [-0.2, 0) is 4.74 Å². The van der Waals surface area contributed by atoms with E-state index in [1.165, 1.54) is 0 Å². The monoisotopic (exact) mass is 320 g/mol. The lowest BCUT2D eigenvalue weighted by atomic mass is 10.0. The number of hydrogen-bond donors (Lipinski definition) is 2. The molecule has 0 bridgehead atoms. The van der Waals surface area contributed by atoms with Crippen molar-refractivity contribution in [3.63, 3.8) is 0 Å². The van der Waals surface area contributed by atoms with E-state index in [0.717, 1.165) is 18.5 Å². The van der Waals surface area contributed by atoms with E-state index in [1.807, 2.05) is 24.1 Å². The van der Waals surface area contributed by atoms with Gasteiger partial charge in [-0.15, -0.1) is 0 Å². The van der Waals surface area contributed by atoms with Crippen LogP contribution in [0.2, 0.25) is 10.0 Å². The van der Waals surface area contributed by atoms with E-state index < -0.39 is 6.10 Å². The van der Waals surface area contributed by atoms with E-state index in [9.17, 15) is 5.11 Å². The highest BCUT2D eigenvalue weighted by Gasteiger charge is 2.14. The molecule has 0 heterocycles. The zero-order valence-electron chi connectivity index (χ0n) is 11.9. The van der Waals surface area contributed by atoms with Crippen molar-refractivity contribution in [3.8, 4) is 0 Å². The van der Waals surface area contributed by atoms with E-state index in [0.29, 0.717) is 23.2 Å². The topological polar surface area (TPSA) is 58.7 Å². The Balaban J connectivity index is 2.46. The highest BCUT2D eigenvalue weighted by molar-refractivity contribution is 6.42. The molecule has 0 amide bonds. The fraction of sp³-hybridized carbons (Fsp3) is 0.571. The van der Waals surface area contributed by atoms with Crippen LogP contribution in [0.15, 0.2) is 18.2 Å². The maximum absolute atomic E-state index is 9.65. The zero-order chi connectivity index (χ0) is 15.1. The summed E-state index contributed by atoms with van der Waals surface area (Å²) in [4.78, 5) is 2.02. The summed E-state index contributed by atoms with van der Waals surface area (Å²) >= 11 is 12.1. The van der Waals surface area contributed by atoms with Gasteiger partial charge in [-0.1, -0.05) is 35.3 Å². The third-order valence-electron chi connectivity index (χ3n) is 3.08. The summed E-state index contributed by atoms with van der Waals surface area (Å²) in [6, 6.07) is 5.30. The van der Waals surface area contributed by atoms with Gasteiger partial charge in [0.15, 0.2) is 0 Å². The number of ether oxygens (including phenoxy) is 1. The molecule has 0 fully saturated rings. The molecule has 0 radical (unpaired) electrons. The largest absolute Gasteiger partial charge is 0.389 e. The van der Waals surface area contributed by atoms with Crippen LogP contribution >= 0.6 is 23.2 Å². The predicted molar refractivity (Wildman–Crippen MR) is 83.4 cm³/mol. The van der Waals surface area contributed by atoms with Crippen LogP contribution in [0.3, 0.4) is 0 Å². The van der Waals surface area contributed by atoms with Crippen LogP contribution < -0.4 is 5.73 Å². The normalized spacial score (nSPS) is 14.6. The molecule has 2 atom stereocenters. The van der Waals surface area contributed by atoms with Gasteiger partial charge in [-0.25, -0.2) is 0 Å². The van der Waals surface area contributed by atoms with Gasteiger partial charge in [0.2, 0.25) is 0 Å². The molecule has 0 aliphatic carbocycles. The number of likely N-dealkylation sites (N-methyl/N-ethyl adjacent to an activating group) is 1. The zero-order valence-corrected chi connectivity index (χ0v) is 13.4. The van der Waals surface area contributed by atoms with Crippen LogP contribution in [0.5, 0.6) is 0 Å². The second-order valence-corrected chi connectivity index (χ2v) is 5.69. The fourth-order valence-electron chi connectivity index (χ4n) is 2.02. The summed E-state index contributed by atoms with van der Waals surface area (Å²) in [6.07, 6.45) is 0.243. The van der Waals surface area contributed by atoms with Gasteiger partial charge in [-0.2, -0.15) is 0 Å². The molecule has 20 heavy (non-hydrogen) atoms. The molecule has 0 saturated heterocycles. The Bertz CT molecular complexity index is 418. The van der Waals surface area contributed by atoms with E-state index >= 15 is 0 Å². The minimum Gasteiger partial charge on any atom is -0.389 e. The Morgan fingerprint density at radius 3 is 2.75 bits per heavy atom. The Morgan fingerprint density at radius 2 is 2.10 bits per heavy atom. The number of rotatable bonds is 8. The van der Waals surface area contributed by atoms with Crippen molar-refractivity contribution in [2.24, 2.45) is 5.73 Å². The van der Waals surface area contributed by atoms with Crippen molar-refractivity contribution in [3.05, 3.63) is 33.8 Å². The molecule has 0 aliphatic rings. The first-order valence-electron chi connectivity index (χ1n) is 6.50. The number of nitrogens with two attached hydrogens (primary N) is 1. The van der Waals surface area contributed by atoms with Gasteiger partial charge in [-0.05, 0) is 31.6 Å². The van der Waals surface area contributed by atoms with E-state index in [2.05, 4.69) is 0 Å². The van der Waals surface area contributed by atoms with E-state index in [-0.39, 0.29) is 6.04 Å². The van der Waals surface area contributed by atoms with Crippen LogP contribution in [0.1, 0.15) is 18.0 Å². The molecule has 4 nitrogen and oxygen atoms in total. The first-order chi connectivity index (χ1) is 9.45. The van der Waals surface area contributed by atoms with Crippen LogP contribution in [0.25, 0.3) is 0 Å². The summed E-state index contributed by atoms with van der Waals surface area (Å²) in [5.74, 6) is 0. The average Bonchev–Trinajstić information content (AvgIpc) is 2.39. The second-order valence-electron chi connectivity index (χ2n) is 4.91. The average molecular weight is 321 g/mol. The maximum atomic E-state index is 9.65. The number of benzene rings is 1. The number of aliphatic hydroxyl groups is 1. The molecule has 1 aromatic rings. The number of nitrogens with zero attached hydrogens (tertiary/aromatic N) is 1. The van der Waals surface area contributed by atoms with Crippen molar-refractivity contribution in [2.75, 3.05) is 33.9 Å². The van der Waals surface area contributed by atoms with Crippen LogP contribution in [-0.4, -0.2) is 50.0 Å². The number of methoxy groups -OCH3 is 1.